The summed E-state index contributed by atoms with van der Waals surface area (Å²) in [5.74, 6) is 0.532. The fraction of sp³-hybridized carbons (Fsp3) is 0.588. The first-order chi connectivity index (χ1) is 10.2. The summed E-state index contributed by atoms with van der Waals surface area (Å²) in [5.41, 5.74) is 8.40. The summed E-state index contributed by atoms with van der Waals surface area (Å²) in [6.45, 7) is 6.48. The first kappa shape index (κ1) is 15.7. The highest BCUT2D eigenvalue weighted by molar-refractivity contribution is 5.92. The van der Waals surface area contributed by atoms with Crippen LogP contribution in [0, 0.1) is 5.92 Å². The van der Waals surface area contributed by atoms with Gasteiger partial charge in [0, 0.05) is 13.1 Å². The van der Waals surface area contributed by atoms with Crippen molar-refractivity contribution in [2.45, 2.75) is 39.5 Å². The molecule has 21 heavy (non-hydrogen) atoms. The van der Waals surface area contributed by atoms with Gasteiger partial charge in [-0.2, -0.15) is 0 Å². The van der Waals surface area contributed by atoms with Crippen LogP contribution in [0.2, 0.25) is 0 Å². The third-order valence-electron chi connectivity index (χ3n) is 4.31. The van der Waals surface area contributed by atoms with Crippen molar-refractivity contribution >= 4 is 17.3 Å². The third-order valence-corrected chi connectivity index (χ3v) is 4.31. The first-order valence-electron chi connectivity index (χ1n) is 7.97. The van der Waals surface area contributed by atoms with Crippen LogP contribution in [0.25, 0.3) is 0 Å². The van der Waals surface area contributed by atoms with E-state index in [0.29, 0.717) is 12.2 Å². The summed E-state index contributed by atoms with van der Waals surface area (Å²) < 4.78 is 5.07. The normalized spacial score (nSPS) is 19.1. The summed E-state index contributed by atoms with van der Waals surface area (Å²) in [4.78, 5) is 14.2. The highest BCUT2D eigenvalue weighted by atomic mass is 16.5. The van der Waals surface area contributed by atoms with E-state index >= 15 is 0 Å². The van der Waals surface area contributed by atoms with E-state index in [-0.39, 0.29) is 5.97 Å². The minimum absolute atomic E-state index is 0.278. The molecule has 0 radical (unpaired) electrons. The van der Waals surface area contributed by atoms with Crippen LogP contribution in [-0.2, 0) is 4.74 Å². The number of carbonyl (C=O) groups excluding carboxylic acids is 1. The number of anilines is 2. The summed E-state index contributed by atoms with van der Waals surface area (Å²) in [6.07, 6.45) is 4.90. The lowest BCUT2D eigenvalue weighted by Crippen LogP contribution is -2.25. The Kier molecular flexibility index (Phi) is 5.48. The van der Waals surface area contributed by atoms with Gasteiger partial charge < -0.3 is 15.4 Å². The lowest BCUT2D eigenvalue weighted by Gasteiger charge is -2.25. The van der Waals surface area contributed by atoms with Gasteiger partial charge in [0.2, 0.25) is 0 Å². The van der Waals surface area contributed by atoms with Crippen molar-refractivity contribution in [1.29, 1.82) is 0 Å². The molecule has 0 saturated carbocycles. The van der Waals surface area contributed by atoms with Gasteiger partial charge in [-0.1, -0.05) is 13.3 Å². The molecule has 4 heteroatoms. The van der Waals surface area contributed by atoms with Crippen molar-refractivity contribution in [3.63, 3.8) is 0 Å². The van der Waals surface area contributed by atoms with E-state index in [1.807, 2.05) is 19.1 Å². The second-order valence-electron chi connectivity index (χ2n) is 5.69. The van der Waals surface area contributed by atoms with Crippen LogP contribution < -0.4 is 10.6 Å². The van der Waals surface area contributed by atoms with Gasteiger partial charge in [0.05, 0.1) is 23.5 Å². The molecule has 0 aromatic heterocycles. The molecule has 2 N–H and O–H groups in total. The van der Waals surface area contributed by atoms with Crippen molar-refractivity contribution in [2.24, 2.45) is 5.92 Å². The van der Waals surface area contributed by atoms with Crippen LogP contribution in [0.1, 0.15) is 49.9 Å². The van der Waals surface area contributed by atoms with Gasteiger partial charge in [-0.15, -0.1) is 0 Å². The average molecular weight is 290 g/mol. The molecule has 2 rings (SSSR count). The predicted octanol–water partition coefficient (Wildman–Crippen LogP) is 3.46. The number of benzene rings is 1. The fourth-order valence-electron chi connectivity index (χ4n) is 2.97. The van der Waals surface area contributed by atoms with Gasteiger partial charge in [0.1, 0.15) is 0 Å². The van der Waals surface area contributed by atoms with Crippen molar-refractivity contribution in [1.82, 2.24) is 0 Å². The largest absolute Gasteiger partial charge is 0.462 e. The molecule has 1 aromatic rings. The Morgan fingerprint density at radius 3 is 2.86 bits per heavy atom. The number of nitrogens with zero attached hydrogens (tertiary/aromatic N) is 1. The van der Waals surface area contributed by atoms with Crippen LogP contribution in [0.4, 0.5) is 11.4 Å². The van der Waals surface area contributed by atoms with E-state index in [1.165, 1.54) is 25.7 Å². The Bertz CT molecular complexity index is 488. The molecule has 0 aliphatic carbocycles. The maximum absolute atomic E-state index is 11.9. The number of carbonyl (C=O) groups is 1. The molecule has 1 fully saturated rings. The molecule has 1 atom stereocenters. The maximum atomic E-state index is 11.9. The van der Waals surface area contributed by atoms with Gasteiger partial charge in [0.25, 0.3) is 0 Å². The van der Waals surface area contributed by atoms with Crippen LogP contribution in [0.3, 0.4) is 0 Å². The molecule has 0 spiro atoms. The van der Waals surface area contributed by atoms with Gasteiger partial charge in [0.15, 0.2) is 0 Å². The van der Waals surface area contributed by atoms with E-state index in [2.05, 4.69) is 11.8 Å². The van der Waals surface area contributed by atoms with E-state index < -0.39 is 0 Å². The second-order valence-corrected chi connectivity index (χ2v) is 5.69. The zero-order valence-electron chi connectivity index (χ0n) is 13.1. The third kappa shape index (κ3) is 3.90. The average Bonchev–Trinajstić information content (AvgIpc) is 2.73. The minimum Gasteiger partial charge on any atom is -0.462 e. The molecule has 1 saturated heterocycles. The Morgan fingerprint density at radius 2 is 2.14 bits per heavy atom. The smallest absolute Gasteiger partial charge is 0.338 e. The van der Waals surface area contributed by atoms with E-state index in [4.69, 9.17) is 10.5 Å². The maximum Gasteiger partial charge on any atom is 0.338 e. The number of nitrogen functional groups attached to an aromatic ring is 1. The molecule has 0 bridgehead atoms. The minimum atomic E-state index is -0.278. The lowest BCUT2D eigenvalue weighted by atomic mass is 9.98. The van der Waals surface area contributed by atoms with Crippen molar-refractivity contribution < 1.29 is 9.53 Å². The van der Waals surface area contributed by atoms with E-state index in [1.54, 1.807) is 6.07 Å². The fourth-order valence-corrected chi connectivity index (χ4v) is 2.97. The number of esters is 1. The molecule has 1 unspecified atom stereocenters. The molecule has 4 nitrogen and oxygen atoms in total. The highest BCUT2D eigenvalue weighted by Crippen LogP contribution is 2.29. The molecule has 1 heterocycles. The van der Waals surface area contributed by atoms with E-state index in [0.717, 1.165) is 30.4 Å². The Morgan fingerprint density at radius 1 is 1.33 bits per heavy atom. The lowest BCUT2D eigenvalue weighted by molar-refractivity contribution is 0.0526. The molecule has 0 amide bonds. The molecule has 1 aliphatic rings. The standard InChI is InChI=1S/C17H26N2O2/c1-3-13-6-5-10-19(11-9-13)16-12-14(7-8-15(16)18)17(20)21-4-2/h7-8,12-13H,3-6,9-11,18H2,1-2H3. The summed E-state index contributed by atoms with van der Waals surface area (Å²) in [7, 11) is 0. The number of hydrogen-bond acceptors (Lipinski definition) is 4. The number of ether oxygens (including phenoxy) is 1. The number of rotatable bonds is 4. The zero-order valence-corrected chi connectivity index (χ0v) is 13.1. The first-order valence-corrected chi connectivity index (χ1v) is 7.97. The topological polar surface area (TPSA) is 55.6 Å². The van der Waals surface area contributed by atoms with Gasteiger partial charge >= 0.3 is 5.97 Å². The van der Waals surface area contributed by atoms with Gasteiger partial charge in [-0.05, 0) is 50.3 Å². The summed E-state index contributed by atoms with van der Waals surface area (Å²) in [6, 6.07) is 5.42. The van der Waals surface area contributed by atoms with Gasteiger partial charge in [-0.25, -0.2) is 4.79 Å². The molecular weight excluding hydrogens is 264 g/mol. The Labute approximate surface area is 127 Å². The second kappa shape index (κ2) is 7.34. The molecular formula is C17H26N2O2. The quantitative estimate of drug-likeness (QED) is 0.681. The Hall–Kier alpha value is -1.71. The van der Waals surface area contributed by atoms with Crippen molar-refractivity contribution in [2.75, 3.05) is 30.3 Å². The predicted molar refractivity (Wildman–Crippen MR) is 86.7 cm³/mol. The van der Waals surface area contributed by atoms with Crippen molar-refractivity contribution in [3.8, 4) is 0 Å². The molecule has 116 valence electrons. The summed E-state index contributed by atoms with van der Waals surface area (Å²) >= 11 is 0. The van der Waals surface area contributed by atoms with Crippen LogP contribution in [0.5, 0.6) is 0 Å². The van der Waals surface area contributed by atoms with E-state index in [9.17, 15) is 4.79 Å². The molecule has 1 aliphatic heterocycles. The zero-order chi connectivity index (χ0) is 15.2. The van der Waals surface area contributed by atoms with Crippen LogP contribution in [-0.4, -0.2) is 25.7 Å². The van der Waals surface area contributed by atoms with Crippen molar-refractivity contribution in [3.05, 3.63) is 23.8 Å². The highest BCUT2D eigenvalue weighted by Gasteiger charge is 2.19. The summed E-state index contributed by atoms with van der Waals surface area (Å²) in [5, 5.41) is 0. The number of nitrogens with two attached hydrogens (primary N) is 1. The van der Waals surface area contributed by atoms with Gasteiger partial charge in [-0.3, -0.25) is 0 Å². The Balaban J connectivity index is 2.18. The SMILES string of the molecule is CCOC(=O)c1ccc(N)c(N2CCCC(CC)CC2)c1. The number of hydrogen-bond donors (Lipinski definition) is 1. The molecule has 1 aromatic carbocycles. The van der Waals surface area contributed by atoms with Crippen LogP contribution in [0.15, 0.2) is 18.2 Å². The monoisotopic (exact) mass is 290 g/mol. The van der Waals surface area contributed by atoms with Crippen LogP contribution >= 0.6 is 0 Å².